The summed E-state index contributed by atoms with van der Waals surface area (Å²) in [6.45, 7) is 5.25. The van der Waals surface area contributed by atoms with Crippen molar-refractivity contribution in [2.75, 3.05) is 36.5 Å². The molecule has 6 nitrogen and oxygen atoms in total. The highest BCUT2D eigenvalue weighted by molar-refractivity contribution is 7.99. The van der Waals surface area contributed by atoms with Crippen LogP contribution >= 0.6 is 11.8 Å². The van der Waals surface area contributed by atoms with E-state index in [1.165, 1.54) is 17.1 Å². The molecule has 1 saturated heterocycles. The van der Waals surface area contributed by atoms with E-state index in [-0.39, 0.29) is 5.91 Å². The van der Waals surface area contributed by atoms with E-state index in [0.717, 1.165) is 36.4 Å². The molecular formula is C29H29N3O3S. The summed E-state index contributed by atoms with van der Waals surface area (Å²) in [6, 6.07) is 23.3. The van der Waals surface area contributed by atoms with Crippen LogP contribution in [0.3, 0.4) is 0 Å². The molecule has 0 radical (unpaired) electrons. The molecule has 2 aliphatic heterocycles. The van der Waals surface area contributed by atoms with E-state index in [0.29, 0.717) is 23.6 Å². The van der Waals surface area contributed by atoms with Crippen molar-refractivity contribution in [3.8, 4) is 0 Å². The van der Waals surface area contributed by atoms with E-state index >= 15 is 0 Å². The van der Waals surface area contributed by atoms with Gasteiger partial charge < -0.3 is 10.1 Å². The molecule has 1 amide bonds. The lowest BCUT2D eigenvalue weighted by atomic mass is 9.90. The monoisotopic (exact) mass is 499 g/mol. The molecule has 2 heterocycles. The van der Waals surface area contributed by atoms with Gasteiger partial charge in [0.25, 0.3) is 0 Å². The van der Waals surface area contributed by atoms with Gasteiger partial charge in [0.15, 0.2) is 0 Å². The van der Waals surface area contributed by atoms with Crippen LogP contribution in [0.15, 0.2) is 77.8 Å². The quantitative estimate of drug-likeness (QED) is 0.354. The Balaban J connectivity index is 1.46. The predicted octanol–water partition coefficient (Wildman–Crippen LogP) is 5.27. The summed E-state index contributed by atoms with van der Waals surface area (Å²) in [7, 11) is 0. The molecule has 0 bridgehead atoms. The largest absolute Gasteiger partial charge is 0.462 e. The highest BCUT2D eigenvalue weighted by Gasteiger charge is 2.36. The lowest BCUT2D eigenvalue weighted by molar-refractivity contribution is -0.115. The van der Waals surface area contributed by atoms with Gasteiger partial charge in [-0.3, -0.25) is 14.7 Å². The molecule has 1 N–H and O–H groups in total. The van der Waals surface area contributed by atoms with Gasteiger partial charge in [0.1, 0.15) is 5.92 Å². The molecule has 1 unspecified atom stereocenters. The summed E-state index contributed by atoms with van der Waals surface area (Å²) in [5.41, 5.74) is 5.46. The normalized spacial score (nSPS) is 18.0. The Morgan fingerprint density at radius 1 is 1.03 bits per heavy atom. The van der Waals surface area contributed by atoms with Gasteiger partial charge >= 0.3 is 5.97 Å². The van der Waals surface area contributed by atoms with Crippen LogP contribution in [0, 0.1) is 0 Å². The van der Waals surface area contributed by atoms with E-state index in [1.54, 1.807) is 19.1 Å². The van der Waals surface area contributed by atoms with Crippen molar-refractivity contribution in [2.24, 2.45) is 4.99 Å². The number of fused-ring (bicyclic) bond motifs is 1. The van der Waals surface area contributed by atoms with Crippen LogP contribution in [0.4, 0.5) is 11.4 Å². The predicted molar refractivity (Wildman–Crippen MR) is 145 cm³/mol. The zero-order valence-corrected chi connectivity index (χ0v) is 21.1. The number of carbonyl (C=O) groups is 2. The van der Waals surface area contributed by atoms with E-state index in [1.807, 2.05) is 60.3 Å². The molecule has 3 aromatic rings. The van der Waals surface area contributed by atoms with Gasteiger partial charge in [-0.15, -0.1) is 0 Å². The molecule has 1 atom stereocenters. The molecule has 0 aliphatic carbocycles. The first-order valence-electron chi connectivity index (χ1n) is 12.3. The maximum atomic E-state index is 13.2. The summed E-state index contributed by atoms with van der Waals surface area (Å²) in [5.74, 6) is 1.24. The number of hydrogen-bond acceptors (Lipinski definition) is 6. The molecule has 7 heteroatoms. The van der Waals surface area contributed by atoms with Crippen LogP contribution in [-0.4, -0.2) is 53.7 Å². The smallest absolute Gasteiger partial charge is 0.338 e. The number of nitrogens with zero attached hydrogens (tertiary/aromatic N) is 2. The minimum Gasteiger partial charge on any atom is -0.462 e. The molecule has 5 rings (SSSR count). The van der Waals surface area contributed by atoms with Crippen molar-refractivity contribution in [3.63, 3.8) is 0 Å². The van der Waals surface area contributed by atoms with Crippen molar-refractivity contribution in [1.29, 1.82) is 0 Å². The van der Waals surface area contributed by atoms with Gasteiger partial charge in [-0.25, -0.2) is 4.79 Å². The second-order valence-electron chi connectivity index (χ2n) is 8.86. The first-order valence-corrected chi connectivity index (χ1v) is 13.4. The number of ether oxygens (including phenoxy) is 1. The number of anilines is 1. The third kappa shape index (κ3) is 5.37. The topological polar surface area (TPSA) is 71.0 Å². The van der Waals surface area contributed by atoms with Crippen LogP contribution in [0.2, 0.25) is 0 Å². The maximum absolute atomic E-state index is 13.2. The van der Waals surface area contributed by atoms with Crippen LogP contribution < -0.4 is 5.32 Å². The maximum Gasteiger partial charge on any atom is 0.338 e. The number of amides is 1. The third-order valence-electron chi connectivity index (χ3n) is 6.43. The number of thioether (sulfide) groups is 1. The van der Waals surface area contributed by atoms with Gasteiger partial charge in [0.05, 0.1) is 23.6 Å². The van der Waals surface area contributed by atoms with E-state index in [9.17, 15) is 9.59 Å². The molecule has 36 heavy (non-hydrogen) atoms. The van der Waals surface area contributed by atoms with E-state index in [2.05, 4.69) is 22.3 Å². The summed E-state index contributed by atoms with van der Waals surface area (Å²) in [6.07, 6.45) is 0. The SMILES string of the molecule is CCOC(=O)c1ccc2c(c1)NC(=O)C2C(=Nc1ccc(CN2CCSCC2)cc1)c1ccccc1. The Labute approximate surface area is 215 Å². The summed E-state index contributed by atoms with van der Waals surface area (Å²) >= 11 is 2.01. The first-order chi connectivity index (χ1) is 17.6. The zero-order valence-electron chi connectivity index (χ0n) is 20.3. The number of rotatable bonds is 7. The number of aliphatic imine (C=N–C) groups is 1. The molecule has 1 fully saturated rings. The molecule has 0 saturated carbocycles. The average Bonchev–Trinajstić information content (AvgIpc) is 3.24. The Morgan fingerprint density at radius 3 is 2.50 bits per heavy atom. The van der Waals surface area contributed by atoms with Crippen molar-refractivity contribution in [2.45, 2.75) is 19.4 Å². The lowest BCUT2D eigenvalue weighted by Gasteiger charge is -2.26. The second kappa shape index (κ2) is 11.1. The number of nitrogens with one attached hydrogen (secondary N) is 1. The molecule has 184 valence electrons. The molecule has 2 aliphatic rings. The Hall–Kier alpha value is -3.42. The Kier molecular flexibility index (Phi) is 7.49. The molecule has 0 aromatic heterocycles. The highest BCUT2D eigenvalue weighted by atomic mass is 32.2. The van der Waals surface area contributed by atoms with Crippen molar-refractivity contribution in [3.05, 3.63) is 95.1 Å². The summed E-state index contributed by atoms with van der Waals surface area (Å²) < 4.78 is 5.12. The number of benzene rings is 3. The Morgan fingerprint density at radius 2 is 1.78 bits per heavy atom. The van der Waals surface area contributed by atoms with E-state index < -0.39 is 11.9 Å². The number of hydrogen-bond donors (Lipinski definition) is 1. The van der Waals surface area contributed by atoms with Crippen LogP contribution in [-0.2, 0) is 16.1 Å². The van der Waals surface area contributed by atoms with Gasteiger partial charge in [-0.1, -0.05) is 48.5 Å². The summed E-state index contributed by atoms with van der Waals surface area (Å²) in [5, 5.41) is 2.94. The highest BCUT2D eigenvalue weighted by Crippen LogP contribution is 2.37. The standard InChI is InChI=1S/C29H29N3O3S/c1-2-35-29(34)22-10-13-24-25(18-22)31-28(33)26(24)27(21-6-4-3-5-7-21)30-23-11-8-20(9-12-23)19-32-14-16-36-17-15-32/h3-13,18,26H,2,14-17,19H2,1H3,(H,31,33). The van der Waals surface area contributed by atoms with E-state index in [4.69, 9.17) is 9.73 Å². The zero-order chi connectivity index (χ0) is 24.9. The summed E-state index contributed by atoms with van der Waals surface area (Å²) in [4.78, 5) is 32.9. The fraction of sp³-hybridized carbons (Fsp3) is 0.276. The van der Waals surface area contributed by atoms with Crippen molar-refractivity contribution in [1.82, 2.24) is 4.90 Å². The second-order valence-corrected chi connectivity index (χ2v) is 10.1. The molecule has 3 aromatic carbocycles. The van der Waals surface area contributed by atoms with Crippen LogP contribution in [0.25, 0.3) is 0 Å². The molecule has 0 spiro atoms. The van der Waals surface area contributed by atoms with Gasteiger partial charge in [-0.05, 0) is 47.9 Å². The third-order valence-corrected chi connectivity index (χ3v) is 7.38. The minimum atomic E-state index is -0.579. The average molecular weight is 500 g/mol. The number of esters is 1. The van der Waals surface area contributed by atoms with Gasteiger partial charge in [0, 0.05) is 36.8 Å². The Bertz CT molecular complexity index is 1270. The molecular weight excluding hydrogens is 470 g/mol. The van der Waals surface area contributed by atoms with Crippen molar-refractivity contribution < 1.29 is 14.3 Å². The van der Waals surface area contributed by atoms with Crippen molar-refractivity contribution >= 4 is 40.7 Å². The fourth-order valence-electron chi connectivity index (χ4n) is 4.61. The minimum absolute atomic E-state index is 0.159. The van der Waals surface area contributed by atoms with Gasteiger partial charge in [-0.2, -0.15) is 11.8 Å². The lowest BCUT2D eigenvalue weighted by Crippen LogP contribution is -2.31. The van der Waals surface area contributed by atoms with Crippen LogP contribution in [0.1, 0.15) is 39.9 Å². The number of carbonyl (C=O) groups excluding carboxylic acids is 2. The fourth-order valence-corrected chi connectivity index (χ4v) is 5.59. The van der Waals surface area contributed by atoms with Gasteiger partial charge in [0.2, 0.25) is 5.91 Å². The van der Waals surface area contributed by atoms with Crippen LogP contribution in [0.5, 0.6) is 0 Å². The first kappa shape index (κ1) is 24.3.